The molecule has 0 radical (unpaired) electrons. The van der Waals surface area contributed by atoms with Gasteiger partial charge in [0.15, 0.2) is 0 Å². The minimum absolute atomic E-state index is 0.0683. The van der Waals surface area contributed by atoms with Crippen LogP contribution in [-0.4, -0.2) is 26.9 Å². The number of hydrogen-bond donors (Lipinski definition) is 1. The maximum atomic E-state index is 13.0. The average Bonchev–Trinajstić information content (AvgIpc) is 2.52. The zero-order valence-corrected chi connectivity index (χ0v) is 15.8. The third kappa shape index (κ3) is 4.58. The first-order chi connectivity index (χ1) is 11.3. The first-order valence-electron chi connectivity index (χ1n) is 7.43. The molecule has 0 bridgehead atoms. The Hall–Kier alpha value is -1.86. The van der Waals surface area contributed by atoms with E-state index in [9.17, 15) is 13.2 Å². The average molecular weight is 411 g/mol. The molecule has 0 unspecified atom stereocenters. The summed E-state index contributed by atoms with van der Waals surface area (Å²) in [6, 6.07) is 14.9. The first-order valence-corrected chi connectivity index (χ1v) is 9.67. The van der Waals surface area contributed by atoms with Crippen LogP contribution in [0.3, 0.4) is 0 Å². The SMILES string of the molecule is CC(C)NC(=O)CN(c1cccc(Br)c1)S(=O)(=O)c1ccccc1. The number of rotatable bonds is 6. The Kier molecular flexibility index (Phi) is 6.01. The molecule has 2 rings (SSSR count). The fourth-order valence-electron chi connectivity index (χ4n) is 2.16. The Labute approximate surface area is 150 Å². The molecular weight excluding hydrogens is 392 g/mol. The zero-order valence-electron chi connectivity index (χ0n) is 13.4. The Balaban J connectivity index is 2.45. The number of nitrogens with zero attached hydrogens (tertiary/aromatic N) is 1. The molecule has 0 spiro atoms. The van der Waals surface area contributed by atoms with Gasteiger partial charge in [-0.05, 0) is 44.2 Å². The summed E-state index contributed by atoms with van der Waals surface area (Å²) >= 11 is 3.34. The minimum atomic E-state index is -3.85. The van der Waals surface area contributed by atoms with Crippen LogP contribution in [0.2, 0.25) is 0 Å². The van der Waals surface area contributed by atoms with Crippen molar-refractivity contribution < 1.29 is 13.2 Å². The lowest BCUT2D eigenvalue weighted by Gasteiger charge is -2.24. The van der Waals surface area contributed by atoms with Crippen molar-refractivity contribution in [2.75, 3.05) is 10.8 Å². The van der Waals surface area contributed by atoms with Gasteiger partial charge in [-0.2, -0.15) is 0 Å². The van der Waals surface area contributed by atoms with E-state index in [1.54, 1.807) is 42.5 Å². The molecule has 0 fully saturated rings. The summed E-state index contributed by atoms with van der Waals surface area (Å²) in [5.41, 5.74) is 0.423. The van der Waals surface area contributed by atoms with Crippen molar-refractivity contribution in [1.29, 1.82) is 0 Å². The molecule has 1 amide bonds. The number of nitrogens with one attached hydrogen (secondary N) is 1. The van der Waals surface area contributed by atoms with Gasteiger partial charge in [0.2, 0.25) is 5.91 Å². The van der Waals surface area contributed by atoms with Gasteiger partial charge in [0, 0.05) is 10.5 Å². The first kappa shape index (κ1) is 18.5. The third-order valence-electron chi connectivity index (χ3n) is 3.16. The van der Waals surface area contributed by atoms with Crippen molar-refractivity contribution in [3.05, 3.63) is 59.1 Å². The molecule has 1 N–H and O–H groups in total. The number of carbonyl (C=O) groups is 1. The van der Waals surface area contributed by atoms with Crippen molar-refractivity contribution >= 4 is 37.5 Å². The molecule has 0 heterocycles. The summed E-state index contributed by atoms with van der Waals surface area (Å²) in [5, 5.41) is 2.72. The molecule has 2 aromatic carbocycles. The van der Waals surface area contributed by atoms with Crippen molar-refractivity contribution in [2.24, 2.45) is 0 Å². The van der Waals surface area contributed by atoms with Gasteiger partial charge < -0.3 is 5.32 Å². The lowest BCUT2D eigenvalue weighted by Crippen LogP contribution is -2.42. The highest BCUT2D eigenvalue weighted by molar-refractivity contribution is 9.10. The summed E-state index contributed by atoms with van der Waals surface area (Å²) < 4.78 is 27.8. The van der Waals surface area contributed by atoms with Gasteiger partial charge in [0.1, 0.15) is 6.54 Å². The Morgan fingerprint density at radius 1 is 1.12 bits per heavy atom. The topological polar surface area (TPSA) is 66.5 Å². The fraction of sp³-hybridized carbons (Fsp3) is 0.235. The quantitative estimate of drug-likeness (QED) is 0.794. The number of sulfonamides is 1. The van der Waals surface area contributed by atoms with Crippen molar-refractivity contribution in [3.8, 4) is 0 Å². The second-order valence-electron chi connectivity index (χ2n) is 5.53. The van der Waals surface area contributed by atoms with Crippen molar-refractivity contribution in [2.45, 2.75) is 24.8 Å². The van der Waals surface area contributed by atoms with Gasteiger partial charge in [-0.3, -0.25) is 9.10 Å². The molecule has 0 saturated carbocycles. The van der Waals surface area contributed by atoms with Gasteiger partial charge in [-0.15, -0.1) is 0 Å². The van der Waals surface area contributed by atoms with Gasteiger partial charge >= 0.3 is 0 Å². The number of amides is 1. The molecule has 0 aliphatic heterocycles. The van der Waals surface area contributed by atoms with Crippen LogP contribution in [0.5, 0.6) is 0 Å². The van der Waals surface area contributed by atoms with E-state index in [0.717, 1.165) is 8.78 Å². The van der Waals surface area contributed by atoms with E-state index < -0.39 is 10.0 Å². The number of halogens is 1. The molecule has 0 aromatic heterocycles. The van der Waals surface area contributed by atoms with E-state index in [1.807, 2.05) is 13.8 Å². The third-order valence-corrected chi connectivity index (χ3v) is 5.45. The van der Waals surface area contributed by atoms with Crippen LogP contribution in [0.25, 0.3) is 0 Å². The fourth-order valence-corrected chi connectivity index (χ4v) is 3.99. The number of hydrogen-bond acceptors (Lipinski definition) is 3. The summed E-state index contributed by atoms with van der Waals surface area (Å²) in [4.78, 5) is 12.3. The van der Waals surface area contributed by atoms with Crippen LogP contribution in [0.15, 0.2) is 64.0 Å². The van der Waals surface area contributed by atoms with Gasteiger partial charge in [-0.25, -0.2) is 8.42 Å². The smallest absolute Gasteiger partial charge is 0.264 e. The van der Waals surface area contributed by atoms with E-state index >= 15 is 0 Å². The van der Waals surface area contributed by atoms with E-state index in [2.05, 4.69) is 21.2 Å². The van der Waals surface area contributed by atoms with Crippen LogP contribution in [0.1, 0.15) is 13.8 Å². The highest BCUT2D eigenvalue weighted by atomic mass is 79.9. The van der Waals surface area contributed by atoms with E-state index in [4.69, 9.17) is 0 Å². The van der Waals surface area contributed by atoms with Crippen LogP contribution in [-0.2, 0) is 14.8 Å². The van der Waals surface area contributed by atoms with Gasteiger partial charge in [-0.1, -0.05) is 40.2 Å². The molecule has 0 saturated heterocycles. The molecule has 0 aliphatic carbocycles. The molecule has 5 nitrogen and oxygen atoms in total. The monoisotopic (exact) mass is 410 g/mol. The van der Waals surface area contributed by atoms with Crippen LogP contribution >= 0.6 is 15.9 Å². The summed E-state index contributed by atoms with van der Waals surface area (Å²) in [6.45, 7) is 3.37. The van der Waals surface area contributed by atoms with E-state index in [0.29, 0.717) is 5.69 Å². The predicted octanol–water partition coefficient (Wildman–Crippen LogP) is 3.17. The molecule has 128 valence electrons. The number of benzene rings is 2. The van der Waals surface area contributed by atoms with Crippen molar-refractivity contribution in [3.63, 3.8) is 0 Å². The van der Waals surface area contributed by atoms with E-state index in [1.165, 1.54) is 12.1 Å². The Bertz CT molecular complexity index is 808. The maximum Gasteiger partial charge on any atom is 0.264 e. The number of anilines is 1. The van der Waals surface area contributed by atoms with E-state index in [-0.39, 0.29) is 23.4 Å². The summed E-state index contributed by atoms with van der Waals surface area (Å²) in [5.74, 6) is -0.357. The van der Waals surface area contributed by atoms with Gasteiger partial charge in [0.25, 0.3) is 10.0 Å². The predicted molar refractivity (Wildman–Crippen MR) is 98.4 cm³/mol. The standard InChI is InChI=1S/C17H19BrN2O3S/c1-13(2)19-17(21)12-20(15-8-6-7-14(18)11-15)24(22,23)16-9-4-3-5-10-16/h3-11,13H,12H2,1-2H3,(H,19,21). The second kappa shape index (κ2) is 7.81. The highest BCUT2D eigenvalue weighted by Gasteiger charge is 2.27. The highest BCUT2D eigenvalue weighted by Crippen LogP contribution is 2.26. The lowest BCUT2D eigenvalue weighted by molar-refractivity contribution is -0.120. The molecule has 0 atom stereocenters. The van der Waals surface area contributed by atoms with Crippen LogP contribution < -0.4 is 9.62 Å². The van der Waals surface area contributed by atoms with Crippen molar-refractivity contribution in [1.82, 2.24) is 5.32 Å². The molecule has 7 heteroatoms. The summed E-state index contributed by atoms with van der Waals surface area (Å²) in [7, 11) is -3.85. The zero-order chi connectivity index (χ0) is 17.7. The molecule has 0 aliphatic rings. The van der Waals surface area contributed by atoms with Crippen LogP contribution in [0, 0.1) is 0 Å². The largest absolute Gasteiger partial charge is 0.352 e. The molecule has 24 heavy (non-hydrogen) atoms. The van der Waals surface area contributed by atoms with Crippen LogP contribution in [0.4, 0.5) is 5.69 Å². The minimum Gasteiger partial charge on any atom is -0.352 e. The Morgan fingerprint density at radius 2 is 1.79 bits per heavy atom. The lowest BCUT2D eigenvalue weighted by atomic mass is 10.3. The second-order valence-corrected chi connectivity index (χ2v) is 8.30. The number of carbonyl (C=O) groups excluding carboxylic acids is 1. The Morgan fingerprint density at radius 3 is 2.38 bits per heavy atom. The molecule has 2 aromatic rings. The maximum absolute atomic E-state index is 13.0. The normalized spacial score (nSPS) is 11.3. The molecular formula is C17H19BrN2O3S. The van der Waals surface area contributed by atoms with Gasteiger partial charge in [0.05, 0.1) is 10.6 Å². The summed E-state index contributed by atoms with van der Waals surface area (Å²) in [6.07, 6.45) is 0.